The molecule has 0 aliphatic heterocycles. The van der Waals surface area contributed by atoms with Crippen molar-refractivity contribution in [1.82, 2.24) is 4.31 Å². The van der Waals surface area contributed by atoms with Gasteiger partial charge in [-0.1, -0.05) is 35.9 Å². The number of halogens is 1. The molecule has 0 heterocycles. The van der Waals surface area contributed by atoms with Crippen LogP contribution >= 0.6 is 11.6 Å². The van der Waals surface area contributed by atoms with Gasteiger partial charge in [0.25, 0.3) is 0 Å². The van der Waals surface area contributed by atoms with Gasteiger partial charge in [-0.3, -0.25) is 4.79 Å². The van der Waals surface area contributed by atoms with Crippen LogP contribution in [-0.4, -0.2) is 24.7 Å². The third-order valence-electron chi connectivity index (χ3n) is 3.95. The van der Waals surface area contributed by atoms with E-state index in [9.17, 15) is 13.2 Å². The zero-order valence-electron chi connectivity index (χ0n) is 12.9. The summed E-state index contributed by atoms with van der Waals surface area (Å²) in [4.78, 5) is 11.3. The first-order chi connectivity index (χ1) is 11.4. The Morgan fingerprint density at radius 1 is 1.12 bits per heavy atom. The average Bonchev–Trinajstić information content (AvgIpc) is 3.37. The normalized spacial score (nSPS) is 14.8. The van der Waals surface area contributed by atoms with Gasteiger partial charge in [0.05, 0.1) is 5.02 Å². The van der Waals surface area contributed by atoms with Crippen molar-refractivity contribution in [3.05, 3.63) is 64.7 Å². The number of hydrogen-bond acceptors (Lipinski definition) is 3. The summed E-state index contributed by atoms with van der Waals surface area (Å²) in [5.41, 5.74) is 6.41. The molecule has 0 aromatic heterocycles. The Morgan fingerprint density at radius 3 is 2.29 bits per heavy atom. The molecule has 1 fully saturated rings. The number of nitrogens with zero attached hydrogens (tertiary/aromatic N) is 1. The summed E-state index contributed by atoms with van der Waals surface area (Å²) in [6, 6.07) is 13.1. The molecule has 1 saturated carbocycles. The molecule has 5 nitrogen and oxygen atoms in total. The van der Waals surface area contributed by atoms with Gasteiger partial charge in [-0.25, -0.2) is 8.42 Å². The van der Waals surface area contributed by atoms with Crippen molar-refractivity contribution in [2.45, 2.75) is 30.3 Å². The quantitative estimate of drug-likeness (QED) is 0.855. The topological polar surface area (TPSA) is 80.5 Å². The minimum atomic E-state index is -3.68. The van der Waals surface area contributed by atoms with Crippen molar-refractivity contribution in [3.63, 3.8) is 0 Å². The lowest BCUT2D eigenvalue weighted by Crippen LogP contribution is -2.32. The zero-order chi connectivity index (χ0) is 17.3. The van der Waals surface area contributed by atoms with Gasteiger partial charge in [0.1, 0.15) is 4.90 Å². The lowest BCUT2D eigenvalue weighted by molar-refractivity contribution is 0.1000. The molecule has 0 bridgehead atoms. The molecule has 0 spiro atoms. The fourth-order valence-corrected chi connectivity index (χ4v) is 4.68. The molecule has 126 valence electrons. The summed E-state index contributed by atoms with van der Waals surface area (Å²) >= 11 is 6.08. The van der Waals surface area contributed by atoms with Crippen LogP contribution in [0.1, 0.15) is 28.8 Å². The van der Waals surface area contributed by atoms with E-state index >= 15 is 0 Å². The predicted molar refractivity (Wildman–Crippen MR) is 92.2 cm³/mol. The van der Waals surface area contributed by atoms with Gasteiger partial charge in [-0.15, -0.1) is 0 Å². The maximum Gasteiger partial charge on any atom is 0.248 e. The van der Waals surface area contributed by atoms with Crippen molar-refractivity contribution >= 4 is 27.5 Å². The van der Waals surface area contributed by atoms with Gasteiger partial charge >= 0.3 is 0 Å². The Bertz CT molecular complexity index is 862. The fourth-order valence-electron chi connectivity index (χ4n) is 2.51. The number of rotatable bonds is 6. The molecule has 1 aliphatic rings. The number of amides is 1. The summed E-state index contributed by atoms with van der Waals surface area (Å²) in [5.74, 6) is -0.510. The molecule has 7 heteroatoms. The monoisotopic (exact) mass is 364 g/mol. The minimum absolute atomic E-state index is 0.0120. The zero-order valence-corrected chi connectivity index (χ0v) is 14.4. The molecule has 0 unspecified atom stereocenters. The van der Waals surface area contributed by atoms with Crippen molar-refractivity contribution in [1.29, 1.82) is 0 Å². The van der Waals surface area contributed by atoms with Crippen molar-refractivity contribution in [3.8, 4) is 0 Å². The number of hydrogen-bond donors (Lipinski definition) is 1. The largest absolute Gasteiger partial charge is 0.366 e. The molecular weight excluding hydrogens is 348 g/mol. The summed E-state index contributed by atoms with van der Waals surface area (Å²) in [7, 11) is -3.68. The molecule has 0 atom stereocenters. The highest BCUT2D eigenvalue weighted by Gasteiger charge is 2.38. The minimum Gasteiger partial charge on any atom is -0.366 e. The van der Waals surface area contributed by atoms with Crippen molar-refractivity contribution in [2.75, 3.05) is 0 Å². The molecule has 2 aromatic rings. The van der Waals surface area contributed by atoms with E-state index < -0.39 is 15.9 Å². The highest BCUT2D eigenvalue weighted by Crippen LogP contribution is 2.35. The van der Waals surface area contributed by atoms with Crippen LogP contribution in [0.2, 0.25) is 5.02 Å². The lowest BCUT2D eigenvalue weighted by Gasteiger charge is -2.22. The molecule has 2 N–H and O–H groups in total. The number of carbonyl (C=O) groups excluding carboxylic acids is 1. The van der Waals surface area contributed by atoms with E-state index in [1.807, 2.05) is 0 Å². The van der Waals surface area contributed by atoms with E-state index in [2.05, 4.69) is 0 Å². The molecule has 3 rings (SSSR count). The van der Waals surface area contributed by atoms with Gasteiger partial charge in [0.15, 0.2) is 0 Å². The second-order valence-corrected chi connectivity index (χ2v) is 8.04. The molecule has 0 radical (unpaired) electrons. The van der Waals surface area contributed by atoms with E-state index in [4.69, 9.17) is 17.3 Å². The fraction of sp³-hybridized carbons (Fsp3) is 0.235. The second kappa shape index (κ2) is 6.55. The standard InChI is InChI=1S/C17H17ClN2O3S/c18-15-3-1-2-4-16(15)24(22,23)20(14-9-10-14)11-12-5-7-13(8-6-12)17(19)21/h1-8,14H,9-11H2,(H2,19,21). The van der Waals surface area contributed by atoms with Gasteiger partial charge in [0, 0.05) is 18.2 Å². The van der Waals surface area contributed by atoms with Gasteiger partial charge in [-0.05, 0) is 42.7 Å². The highest BCUT2D eigenvalue weighted by atomic mass is 35.5. The van der Waals surface area contributed by atoms with E-state index in [-0.39, 0.29) is 22.5 Å². The maximum absolute atomic E-state index is 13.0. The smallest absolute Gasteiger partial charge is 0.248 e. The first kappa shape index (κ1) is 17.0. The number of carbonyl (C=O) groups is 1. The summed E-state index contributed by atoms with van der Waals surface area (Å²) in [5, 5.41) is 0.215. The summed E-state index contributed by atoms with van der Waals surface area (Å²) in [6.45, 7) is 0.233. The van der Waals surface area contributed by atoms with Crippen LogP contribution in [0.15, 0.2) is 53.4 Å². The van der Waals surface area contributed by atoms with Crippen LogP contribution in [0.3, 0.4) is 0 Å². The second-order valence-electron chi connectivity index (χ2n) is 5.77. The third-order valence-corrected chi connectivity index (χ3v) is 6.35. The Hall–Kier alpha value is -1.89. The average molecular weight is 365 g/mol. The number of nitrogens with two attached hydrogens (primary N) is 1. The van der Waals surface area contributed by atoms with Crippen LogP contribution in [0.4, 0.5) is 0 Å². The maximum atomic E-state index is 13.0. The van der Waals surface area contributed by atoms with E-state index in [0.29, 0.717) is 5.56 Å². The Kier molecular flexibility index (Phi) is 4.62. The predicted octanol–water partition coefficient (Wildman–Crippen LogP) is 2.79. The van der Waals surface area contributed by atoms with E-state index in [0.717, 1.165) is 18.4 Å². The van der Waals surface area contributed by atoms with E-state index in [1.165, 1.54) is 10.4 Å². The molecule has 0 saturated heterocycles. The first-order valence-corrected chi connectivity index (χ1v) is 9.36. The highest BCUT2D eigenvalue weighted by molar-refractivity contribution is 7.89. The molecule has 1 aliphatic carbocycles. The van der Waals surface area contributed by atoms with Gasteiger partial charge < -0.3 is 5.73 Å². The summed E-state index contributed by atoms with van der Waals surface area (Å²) < 4.78 is 27.4. The SMILES string of the molecule is NC(=O)c1ccc(CN(C2CC2)S(=O)(=O)c2ccccc2Cl)cc1. The Morgan fingerprint density at radius 2 is 1.75 bits per heavy atom. The van der Waals surface area contributed by atoms with Crippen LogP contribution in [0.25, 0.3) is 0 Å². The molecule has 1 amide bonds. The van der Waals surface area contributed by atoms with Crippen LogP contribution in [0, 0.1) is 0 Å². The number of primary amides is 1. The Balaban J connectivity index is 1.90. The van der Waals surface area contributed by atoms with Crippen LogP contribution in [-0.2, 0) is 16.6 Å². The van der Waals surface area contributed by atoms with Gasteiger partial charge in [-0.2, -0.15) is 4.31 Å². The van der Waals surface area contributed by atoms with Crippen molar-refractivity contribution < 1.29 is 13.2 Å². The molecule has 2 aromatic carbocycles. The number of sulfonamides is 1. The summed E-state index contributed by atoms with van der Waals surface area (Å²) in [6.07, 6.45) is 1.67. The number of benzene rings is 2. The van der Waals surface area contributed by atoms with Gasteiger partial charge in [0.2, 0.25) is 15.9 Å². The Labute approximate surface area is 146 Å². The van der Waals surface area contributed by atoms with Crippen molar-refractivity contribution in [2.24, 2.45) is 5.73 Å². The third kappa shape index (κ3) is 3.45. The molecular formula is C17H17ClN2O3S. The first-order valence-electron chi connectivity index (χ1n) is 7.55. The lowest BCUT2D eigenvalue weighted by atomic mass is 10.1. The molecule has 24 heavy (non-hydrogen) atoms. The van der Waals surface area contributed by atoms with E-state index in [1.54, 1.807) is 42.5 Å². The van der Waals surface area contributed by atoms with Crippen LogP contribution < -0.4 is 5.73 Å². The van der Waals surface area contributed by atoms with Crippen LogP contribution in [0.5, 0.6) is 0 Å².